The summed E-state index contributed by atoms with van der Waals surface area (Å²) in [6.45, 7) is 2.50. The number of carbonyl (C=O) groups is 1. The molecule has 23 heavy (non-hydrogen) atoms. The third-order valence-electron chi connectivity index (χ3n) is 3.55. The van der Waals surface area contributed by atoms with Crippen LogP contribution < -0.4 is 14.8 Å². The largest absolute Gasteiger partial charge is 0.497 e. The van der Waals surface area contributed by atoms with E-state index in [1.807, 2.05) is 61.5 Å². The fraction of sp³-hybridized carbons (Fsp3) is 0.316. The highest BCUT2D eigenvalue weighted by Gasteiger charge is 2.08. The summed E-state index contributed by atoms with van der Waals surface area (Å²) in [5.74, 6) is 1.62. The number of methoxy groups -OCH3 is 1. The Kier molecular flexibility index (Phi) is 6.48. The van der Waals surface area contributed by atoms with Gasteiger partial charge in [-0.15, -0.1) is 0 Å². The third-order valence-corrected chi connectivity index (χ3v) is 3.55. The Balaban J connectivity index is 1.66. The molecule has 0 saturated carbocycles. The topological polar surface area (TPSA) is 47.6 Å². The van der Waals surface area contributed by atoms with E-state index in [2.05, 4.69) is 5.32 Å². The molecule has 2 aromatic rings. The van der Waals surface area contributed by atoms with Crippen LogP contribution in [-0.4, -0.2) is 19.6 Å². The van der Waals surface area contributed by atoms with Crippen LogP contribution in [0, 0.1) is 0 Å². The van der Waals surface area contributed by atoms with Crippen molar-refractivity contribution in [3.05, 3.63) is 60.2 Å². The van der Waals surface area contributed by atoms with Crippen LogP contribution >= 0.6 is 0 Å². The average molecular weight is 313 g/mol. The molecular weight excluding hydrogens is 290 g/mol. The van der Waals surface area contributed by atoms with E-state index in [1.54, 1.807) is 7.11 Å². The van der Waals surface area contributed by atoms with E-state index in [4.69, 9.17) is 9.47 Å². The summed E-state index contributed by atoms with van der Waals surface area (Å²) >= 11 is 0. The van der Waals surface area contributed by atoms with E-state index in [0.717, 1.165) is 17.1 Å². The van der Waals surface area contributed by atoms with Crippen LogP contribution in [0.5, 0.6) is 11.5 Å². The van der Waals surface area contributed by atoms with Gasteiger partial charge in [0, 0.05) is 6.42 Å². The first kappa shape index (κ1) is 16.9. The van der Waals surface area contributed by atoms with E-state index in [-0.39, 0.29) is 11.9 Å². The molecule has 0 radical (unpaired) electrons. The van der Waals surface area contributed by atoms with Gasteiger partial charge >= 0.3 is 0 Å². The summed E-state index contributed by atoms with van der Waals surface area (Å²) in [5, 5.41) is 3.00. The van der Waals surface area contributed by atoms with Crippen LogP contribution in [0.15, 0.2) is 54.6 Å². The van der Waals surface area contributed by atoms with E-state index < -0.39 is 0 Å². The van der Waals surface area contributed by atoms with E-state index in [0.29, 0.717) is 19.4 Å². The van der Waals surface area contributed by atoms with Crippen LogP contribution in [0.2, 0.25) is 0 Å². The maximum atomic E-state index is 11.9. The molecule has 1 N–H and O–H groups in total. The molecule has 0 aliphatic rings. The second-order valence-electron chi connectivity index (χ2n) is 5.33. The van der Waals surface area contributed by atoms with Crippen molar-refractivity contribution >= 4 is 5.91 Å². The van der Waals surface area contributed by atoms with Crippen LogP contribution in [0.4, 0.5) is 0 Å². The number of benzene rings is 2. The number of hydrogen-bond donors (Lipinski definition) is 1. The van der Waals surface area contributed by atoms with Gasteiger partial charge in [0.05, 0.1) is 19.8 Å². The first-order valence-electron chi connectivity index (χ1n) is 7.80. The second kappa shape index (κ2) is 8.83. The van der Waals surface area contributed by atoms with Gasteiger partial charge in [-0.1, -0.05) is 30.3 Å². The SMILES string of the molecule is COc1ccc(OCCCC(=O)N[C@H](C)c2ccccc2)cc1. The quantitative estimate of drug-likeness (QED) is 0.755. The molecule has 4 nitrogen and oxygen atoms in total. The minimum atomic E-state index is 0.0196. The summed E-state index contributed by atoms with van der Waals surface area (Å²) in [5.41, 5.74) is 1.11. The Bertz CT molecular complexity index is 596. The van der Waals surface area contributed by atoms with Crippen molar-refractivity contribution in [3.63, 3.8) is 0 Å². The van der Waals surface area contributed by atoms with Gasteiger partial charge < -0.3 is 14.8 Å². The molecule has 0 bridgehead atoms. The molecule has 4 heteroatoms. The molecule has 0 unspecified atom stereocenters. The van der Waals surface area contributed by atoms with Gasteiger partial charge in [-0.2, -0.15) is 0 Å². The Hall–Kier alpha value is -2.49. The lowest BCUT2D eigenvalue weighted by molar-refractivity contribution is -0.121. The third kappa shape index (κ3) is 5.66. The smallest absolute Gasteiger partial charge is 0.220 e. The van der Waals surface area contributed by atoms with E-state index in [1.165, 1.54) is 0 Å². The molecule has 0 aliphatic carbocycles. The van der Waals surface area contributed by atoms with Gasteiger partial charge in [-0.05, 0) is 43.2 Å². The monoisotopic (exact) mass is 313 g/mol. The molecule has 0 heterocycles. The van der Waals surface area contributed by atoms with Crippen LogP contribution in [0.3, 0.4) is 0 Å². The number of rotatable bonds is 8. The molecular formula is C19H23NO3. The summed E-state index contributed by atoms with van der Waals surface area (Å²) in [7, 11) is 1.63. The molecule has 0 fully saturated rings. The maximum absolute atomic E-state index is 11.9. The fourth-order valence-electron chi connectivity index (χ4n) is 2.23. The molecule has 1 amide bonds. The van der Waals surface area contributed by atoms with Crippen molar-refractivity contribution in [3.8, 4) is 11.5 Å². The molecule has 0 spiro atoms. The summed E-state index contributed by atoms with van der Waals surface area (Å²) < 4.78 is 10.7. The van der Waals surface area contributed by atoms with E-state index >= 15 is 0 Å². The van der Waals surface area contributed by atoms with E-state index in [9.17, 15) is 4.79 Å². The molecule has 0 aliphatic heterocycles. The number of nitrogens with one attached hydrogen (secondary N) is 1. The second-order valence-corrected chi connectivity index (χ2v) is 5.33. The highest BCUT2D eigenvalue weighted by atomic mass is 16.5. The molecule has 2 rings (SSSR count). The van der Waals surface area contributed by atoms with Gasteiger partial charge in [0.25, 0.3) is 0 Å². The van der Waals surface area contributed by atoms with Crippen LogP contribution in [0.25, 0.3) is 0 Å². The molecule has 2 aromatic carbocycles. The minimum absolute atomic E-state index is 0.0196. The Morgan fingerprint density at radius 3 is 2.35 bits per heavy atom. The van der Waals surface area contributed by atoms with Gasteiger partial charge in [0.1, 0.15) is 11.5 Å². The minimum Gasteiger partial charge on any atom is -0.497 e. The zero-order valence-electron chi connectivity index (χ0n) is 13.6. The number of amides is 1. The summed E-state index contributed by atoms with van der Waals surface area (Å²) in [4.78, 5) is 11.9. The van der Waals surface area contributed by atoms with Crippen molar-refractivity contribution in [1.82, 2.24) is 5.32 Å². The zero-order valence-corrected chi connectivity index (χ0v) is 13.6. The highest BCUT2D eigenvalue weighted by molar-refractivity contribution is 5.76. The van der Waals surface area contributed by atoms with Crippen LogP contribution in [0.1, 0.15) is 31.4 Å². The van der Waals surface area contributed by atoms with Crippen LogP contribution in [-0.2, 0) is 4.79 Å². The van der Waals surface area contributed by atoms with Gasteiger partial charge in [-0.3, -0.25) is 4.79 Å². The summed E-state index contributed by atoms with van der Waals surface area (Å²) in [6.07, 6.45) is 1.13. The predicted molar refractivity (Wildman–Crippen MR) is 90.7 cm³/mol. The molecule has 1 atom stereocenters. The van der Waals surface area contributed by atoms with Gasteiger partial charge in [-0.25, -0.2) is 0 Å². The first-order valence-corrected chi connectivity index (χ1v) is 7.80. The Labute approximate surface area is 137 Å². The lowest BCUT2D eigenvalue weighted by Crippen LogP contribution is -2.26. The standard InChI is InChI=1S/C19H23NO3/c1-15(16-7-4-3-5-8-16)20-19(21)9-6-14-23-18-12-10-17(22-2)11-13-18/h3-5,7-8,10-13,15H,6,9,14H2,1-2H3,(H,20,21)/t15-/m1/s1. The Morgan fingerprint density at radius 1 is 1.04 bits per heavy atom. The lowest BCUT2D eigenvalue weighted by atomic mass is 10.1. The maximum Gasteiger partial charge on any atom is 0.220 e. The lowest BCUT2D eigenvalue weighted by Gasteiger charge is -2.14. The molecule has 0 aromatic heterocycles. The molecule has 0 saturated heterocycles. The summed E-state index contributed by atoms with van der Waals surface area (Å²) in [6, 6.07) is 17.4. The van der Waals surface area contributed by atoms with Crippen molar-refractivity contribution in [2.24, 2.45) is 0 Å². The normalized spacial score (nSPS) is 11.6. The highest BCUT2D eigenvalue weighted by Crippen LogP contribution is 2.17. The zero-order chi connectivity index (χ0) is 16.5. The van der Waals surface area contributed by atoms with Crippen molar-refractivity contribution in [2.75, 3.05) is 13.7 Å². The van der Waals surface area contributed by atoms with Crippen molar-refractivity contribution in [2.45, 2.75) is 25.8 Å². The number of carbonyl (C=O) groups excluding carboxylic acids is 1. The fourth-order valence-corrected chi connectivity index (χ4v) is 2.23. The average Bonchev–Trinajstić information content (AvgIpc) is 2.60. The predicted octanol–water partition coefficient (Wildman–Crippen LogP) is 3.73. The first-order chi connectivity index (χ1) is 11.2. The van der Waals surface area contributed by atoms with Gasteiger partial charge in [0.2, 0.25) is 5.91 Å². The number of ether oxygens (including phenoxy) is 2. The van der Waals surface area contributed by atoms with Crippen molar-refractivity contribution < 1.29 is 14.3 Å². The van der Waals surface area contributed by atoms with Crippen molar-refractivity contribution in [1.29, 1.82) is 0 Å². The Morgan fingerprint density at radius 2 is 1.70 bits per heavy atom. The number of hydrogen-bond acceptors (Lipinski definition) is 3. The molecule has 122 valence electrons. The van der Waals surface area contributed by atoms with Gasteiger partial charge in [0.15, 0.2) is 0 Å².